The van der Waals surface area contributed by atoms with Crippen molar-refractivity contribution in [3.63, 3.8) is 0 Å². The van der Waals surface area contributed by atoms with Gasteiger partial charge in [-0.1, -0.05) is 17.7 Å². The van der Waals surface area contributed by atoms with E-state index in [1.165, 1.54) is 24.4 Å². The zero-order valence-corrected chi connectivity index (χ0v) is 21.2. The summed E-state index contributed by atoms with van der Waals surface area (Å²) in [5.74, 6) is -0.402. The molecule has 1 atom stereocenters. The standard InChI is InChI=1S/C28H32ClF3N2O2/c1-36-19-7-8-26-21(16-19)27(22(29)17-33-26)25(32)9-10-28(18-35)11-14-34(15-12-28)13-3-4-20-23(30)5-2-6-24(20)31/h2,5-8,16-17,25,35H,3-4,9-15,18H2,1H3. The van der Waals surface area contributed by atoms with Gasteiger partial charge in [0.25, 0.3) is 0 Å². The molecule has 2 heterocycles. The monoisotopic (exact) mass is 520 g/mol. The molecule has 1 fully saturated rings. The van der Waals surface area contributed by atoms with Crippen molar-refractivity contribution in [1.82, 2.24) is 9.88 Å². The van der Waals surface area contributed by atoms with Gasteiger partial charge in [0, 0.05) is 29.3 Å². The van der Waals surface area contributed by atoms with Crippen molar-refractivity contribution in [3.05, 3.63) is 70.4 Å². The molecule has 1 unspecified atom stereocenters. The minimum absolute atomic E-state index is 0.00730. The van der Waals surface area contributed by atoms with Gasteiger partial charge in [0.1, 0.15) is 23.6 Å². The molecule has 0 amide bonds. The lowest BCUT2D eigenvalue weighted by molar-refractivity contribution is 0.0300. The number of benzene rings is 2. The number of ether oxygens (including phenoxy) is 1. The lowest BCUT2D eigenvalue weighted by atomic mass is 9.74. The fraction of sp³-hybridized carbons (Fsp3) is 0.464. The first-order valence-corrected chi connectivity index (χ1v) is 12.8. The fourth-order valence-corrected chi connectivity index (χ4v) is 5.45. The van der Waals surface area contributed by atoms with Gasteiger partial charge in [-0.3, -0.25) is 4.98 Å². The molecule has 36 heavy (non-hydrogen) atoms. The van der Waals surface area contributed by atoms with Crippen LogP contribution in [0.25, 0.3) is 10.9 Å². The van der Waals surface area contributed by atoms with Gasteiger partial charge >= 0.3 is 0 Å². The van der Waals surface area contributed by atoms with Gasteiger partial charge < -0.3 is 14.7 Å². The number of aliphatic hydroxyl groups is 1. The molecule has 1 saturated heterocycles. The van der Waals surface area contributed by atoms with E-state index in [4.69, 9.17) is 16.3 Å². The van der Waals surface area contributed by atoms with Crippen molar-refractivity contribution in [3.8, 4) is 5.75 Å². The minimum atomic E-state index is -1.30. The zero-order valence-electron chi connectivity index (χ0n) is 20.5. The quantitative estimate of drug-likeness (QED) is 0.324. The second kappa shape index (κ2) is 11.8. The number of hydrogen-bond donors (Lipinski definition) is 1. The highest BCUT2D eigenvalue weighted by Gasteiger charge is 2.35. The maximum absolute atomic E-state index is 15.6. The Morgan fingerprint density at radius 2 is 1.89 bits per heavy atom. The molecule has 1 aromatic heterocycles. The molecule has 194 valence electrons. The zero-order chi connectivity index (χ0) is 25.7. The van der Waals surface area contributed by atoms with Crippen molar-refractivity contribution >= 4 is 22.5 Å². The number of likely N-dealkylation sites (tertiary alicyclic amines) is 1. The second-order valence-electron chi connectivity index (χ2n) is 9.71. The van der Waals surface area contributed by atoms with Gasteiger partial charge in [-0.25, -0.2) is 13.2 Å². The number of rotatable bonds is 10. The van der Waals surface area contributed by atoms with E-state index < -0.39 is 17.8 Å². The van der Waals surface area contributed by atoms with Gasteiger partial charge in [-0.15, -0.1) is 0 Å². The van der Waals surface area contributed by atoms with Crippen LogP contribution < -0.4 is 4.74 Å². The van der Waals surface area contributed by atoms with E-state index in [1.54, 1.807) is 25.3 Å². The third kappa shape index (κ3) is 5.96. The Morgan fingerprint density at radius 1 is 1.17 bits per heavy atom. The summed E-state index contributed by atoms with van der Waals surface area (Å²) in [5.41, 5.74) is 0.837. The molecule has 1 aliphatic heterocycles. The summed E-state index contributed by atoms with van der Waals surface area (Å²) in [7, 11) is 1.56. The van der Waals surface area contributed by atoms with Crippen LogP contribution in [0.15, 0.2) is 42.6 Å². The average molecular weight is 521 g/mol. The molecule has 4 nitrogen and oxygen atoms in total. The summed E-state index contributed by atoms with van der Waals surface area (Å²) in [4.78, 5) is 6.55. The van der Waals surface area contributed by atoms with Crippen molar-refractivity contribution in [2.75, 3.05) is 33.4 Å². The van der Waals surface area contributed by atoms with Crippen LogP contribution in [0.4, 0.5) is 13.2 Å². The van der Waals surface area contributed by atoms with E-state index in [1.807, 2.05) is 0 Å². The summed E-state index contributed by atoms with van der Waals surface area (Å²) in [5, 5.41) is 11.1. The summed E-state index contributed by atoms with van der Waals surface area (Å²) >= 11 is 6.37. The largest absolute Gasteiger partial charge is 0.497 e. The number of fused-ring (bicyclic) bond motifs is 1. The van der Waals surface area contributed by atoms with E-state index in [-0.39, 0.29) is 29.0 Å². The number of methoxy groups -OCH3 is 1. The smallest absolute Gasteiger partial charge is 0.129 e. The number of piperidine rings is 1. The summed E-state index contributed by atoms with van der Waals surface area (Å²) in [6.07, 6.45) is 3.42. The molecule has 0 aliphatic carbocycles. The predicted octanol–water partition coefficient (Wildman–Crippen LogP) is 6.67. The van der Waals surface area contributed by atoms with Gasteiger partial charge in [0.2, 0.25) is 0 Å². The van der Waals surface area contributed by atoms with Crippen molar-refractivity contribution in [2.24, 2.45) is 5.41 Å². The normalized spacial score (nSPS) is 16.8. The van der Waals surface area contributed by atoms with Crippen molar-refractivity contribution in [2.45, 2.75) is 44.7 Å². The molecule has 3 aromatic rings. The van der Waals surface area contributed by atoms with Crippen LogP contribution in [-0.4, -0.2) is 48.3 Å². The van der Waals surface area contributed by atoms with E-state index >= 15 is 4.39 Å². The number of aliphatic hydroxyl groups excluding tert-OH is 1. The van der Waals surface area contributed by atoms with E-state index in [0.717, 1.165) is 32.5 Å². The molecule has 1 aliphatic rings. The predicted molar refractivity (Wildman–Crippen MR) is 136 cm³/mol. The van der Waals surface area contributed by atoms with Gasteiger partial charge in [-0.2, -0.15) is 0 Å². The molecule has 0 saturated carbocycles. The Morgan fingerprint density at radius 3 is 2.56 bits per heavy atom. The first kappa shape index (κ1) is 26.7. The summed E-state index contributed by atoms with van der Waals surface area (Å²) in [6.45, 7) is 2.23. The van der Waals surface area contributed by atoms with E-state index in [2.05, 4.69) is 9.88 Å². The van der Waals surface area contributed by atoms with Crippen LogP contribution in [0.2, 0.25) is 5.02 Å². The van der Waals surface area contributed by atoms with Crippen LogP contribution in [0.3, 0.4) is 0 Å². The van der Waals surface area contributed by atoms with Crippen LogP contribution in [-0.2, 0) is 6.42 Å². The molecular formula is C28H32ClF3N2O2. The Hall–Kier alpha value is -2.35. The van der Waals surface area contributed by atoms with Crippen LogP contribution >= 0.6 is 11.6 Å². The number of alkyl halides is 1. The fourth-order valence-electron chi connectivity index (χ4n) is 5.18. The highest BCUT2D eigenvalue weighted by atomic mass is 35.5. The third-order valence-corrected chi connectivity index (χ3v) is 7.83. The molecule has 0 radical (unpaired) electrons. The Balaban J connectivity index is 1.34. The Kier molecular flexibility index (Phi) is 8.75. The van der Waals surface area contributed by atoms with Crippen LogP contribution in [0.1, 0.15) is 49.4 Å². The maximum atomic E-state index is 15.6. The number of aromatic nitrogens is 1. The third-order valence-electron chi connectivity index (χ3n) is 7.52. The van der Waals surface area contributed by atoms with E-state index in [9.17, 15) is 13.9 Å². The number of pyridine rings is 1. The number of nitrogens with zero attached hydrogens (tertiary/aromatic N) is 2. The van der Waals surface area contributed by atoms with Crippen LogP contribution in [0.5, 0.6) is 5.75 Å². The molecule has 8 heteroatoms. The second-order valence-corrected chi connectivity index (χ2v) is 10.1. The first-order chi connectivity index (χ1) is 17.4. The topological polar surface area (TPSA) is 45.6 Å². The lowest BCUT2D eigenvalue weighted by Gasteiger charge is -2.41. The first-order valence-electron chi connectivity index (χ1n) is 12.4. The van der Waals surface area contributed by atoms with E-state index in [0.29, 0.717) is 41.5 Å². The lowest BCUT2D eigenvalue weighted by Crippen LogP contribution is -2.42. The van der Waals surface area contributed by atoms with Crippen LogP contribution in [0, 0.1) is 17.0 Å². The maximum Gasteiger partial charge on any atom is 0.129 e. The van der Waals surface area contributed by atoms with Crippen molar-refractivity contribution in [1.29, 1.82) is 0 Å². The molecular weight excluding hydrogens is 489 g/mol. The number of hydrogen-bond acceptors (Lipinski definition) is 4. The van der Waals surface area contributed by atoms with Crippen molar-refractivity contribution < 1.29 is 23.0 Å². The molecule has 0 spiro atoms. The summed E-state index contributed by atoms with van der Waals surface area (Å²) in [6, 6.07) is 9.26. The SMILES string of the molecule is COc1ccc2ncc(Cl)c(C(F)CCC3(CO)CCN(CCCc4c(F)cccc4F)CC3)c2c1. The average Bonchev–Trinajstić information content (AvgIpc) is 2.89. The van der Waals surface area contributed by atoms with Gasteiger partial charge in [0.05, 0.1) is 17.6 Å². The Bertz CT molecular complexity index is 1160. The molecule has 0 bridgehead atoms. The highest BCUT2D eigenvalue weighted by Crippen LogP contribution is 2.42. The minimum Gasteiger partial charge on any atom is -0.497 e. The Labute approximate surface area is 215 Å². The van der Waals surface area contributed by atoms with Gasteiger partial charge in [0.15, 0.2) is 0 Å². The molecule has 1 N–H and O–H groups in total. The molecule has 2 aromatic carbocycles. The van der Waals surface area contributed by atoms with Gasteiger partial charge in [-0.05, 0) is 93.9 Å². The summed E-state index contributed by atoms with van der Waals surface area (Å²) < 4.78 is 48.6. The highest BCUT2D eigenvalue weighted by molar-refractivity contribution is 6.32. The molecule has 4 rings (SSSR count). The number of halogens is 4.